The predicted molar refractivity (Wildman–Crippen MR) is 219 cm³/mol. The number of aromatic nitrogens is 2. The van der Waals surface area contributed by atoms with Crippen molar-refractivity contribution in [3.63, 3.8) is 0 Å². The van der Waals surface area contributed by atoms with E-state index in [0.717, 1.165) is 75.8 Å². The number of rotatable bonds is 6. The number of nitrogens with one attached hydrogen (secondary N) is 1. The normalized spacial score (nSPS) is 24.3. The quantitative estimate of drug-likeness (QED) is 0.201. The number of alkyl halides is 1. The SMILES string of the molecule is CC(C)(C)OC(=O)Nc1sc2cccc(-c3cc4nc(OCC56CCCN5C[C@H](F)C6)nc(N5C6CCC5CN(C(=O)OC(C)(C)C)C6)c4c4c3COC4)c2c1C#N. The van der Waals surface area contributed by atoms with E-state index < -0.39 is 23.5 Å². The van der Waals surface area contributed by atoms with Crippen LogP contribution in [0.2, 0.25) is 0 Å². The highest BCUT2D eigenvalue weighted by molar-refractivity contribution is 7.23. The smallest absolute Gasteiger partial charge is 0.412 e. The highest BCUT2D eigenvalue weighted by Gasteiger charge is 2.50. The van der Waals surface area contributed by atoms with E-state index in [1.807, 2.05) is 49.9 Å². The van der Waals surface area contributed by atoms with Crippen molar-refractivity contribution in [3.8, 4) is 23.2 Å². The average molecular weight is 812 g/mol. The fourth-order valence-electron chi connectivity index (χ4n) is 9.78. The Balaban J connectivity index is 1.16. The van der Waals surface area contributed by atoms with Crippen LogP contribution in [0.5, 0.6) is 6.01 Å². The van der Waals surface area contributed by atoms with Gasteiger partial charge in [-0.2, -0.15) is 15.2 Å². The molecular formula is C43H50FN7O6S. The van der Waals surface area contributed by atoms with Crippen LogP contribution in [0.3, 0.4) is 0 Å². The number of anilines is 2. The van der Waals surface area contributed by atoms with Gasteiger partial charge >= 0.3 is 18.2 Å². The number of likely N-dealkylation sites (tertiary alicyclic amines) is 1. The van der Waals surface area contributed by atoms with Crippen molar-refractivity contribution in [2.45, 2.75) is 122 Å². The second-order valence-corrected chi connectivity index (χ2v) is 19.4. The molecule has 0 saturated carbocycles. The van der Waals surface area contributed by atoms with Crippen LogP contribution in [0.4, 0.5) is 24.8 Å². The number of carbonyl (C=O) groups excluding carboxylic acids is 2. The first kappa shape index (κ1) is 38.7. The molecule has 58 heavy (non-hydrogen) atoms. The van der Waals surface area contributed by atoms with E-state index in [0.29, 0.717) is 55.4 Å². The molecule has 2 aromatic carbocycles. The van der Waals surface area contributed by atoms with Crippen LogP contribution in [0.25, 0.3) is 32.1 Å². The molecule has 3 unspecified atom stereocenters. The van der Waals surface area contributed by atoms with E-state index >= 15 is 0 Å². The molecule has 9 rings (SSSR count). The average Bonchev–Trinajstić information content (AvgIpc) is 3.95. The van der Waals surface area contributed by atoms with E-state index in [1.165, 1.54) is 11.3 Å². The molecule has 5 aliphatic heterocycles. The van der Waals surface area contributed by atoms with Crippen molar-refractivity contribution < 1.29 is 32.9 Å². The van der Waals surface area contributed by atoms with Gasteiger partial charge in [0.15, 0.2) is 0 Å². The standard InChI is InChI=1S/C43H50FN7O6S/c1-41(2,3)56-39(52)48-37-29(17-45)34-27(9-7-10-33(34)58-37)28-15-32-35(31-22-54-21-30(28)31)36(47-38(46-32)55-23-43-13-8-14-50(43)18-24(44)16-43)51-25-11-12-26(51)20-49(19-25)40(53)57-42(4,5)6/h7,9-10,15,24-26H,8,11-14,16,18-23H2,1-6H3,(H,48,52)/t24-,25?,26?,43?/m1/s1. The summed E-state index contributed by atoms with van der Waals surface area (Å²) in [5, 5.41) is 15.4. The molecule has 0 radical (unpaired) electrons. The number of fused-ring (bicyclic) bond motifs is 7. The van der Waals surface area contributed by atoms with Gasteiger partial charge in [0, 0.05) is 53.6 Å². The number of halogens is 1. The number of hydrogen-bond donors (Lipinski definition) is 1. The van der Waals surface area contributed by atoms with Crippen LogP contribution in [0, 0.1) is 11.3 Å². The van der Waals surface area contributed by atoms with Crippen molar-refractivity contribution in [1.29, 1.82) is 5.26 Å². The fourth-order valence-corrected chi connectivity index (χ4v) is 10.8. The number of nitrogens with zero attached hydrogens (tertiary/aromatic N) is 6. The zero-order chi connectivity index (χ0) is 40.7. The number of carbonyl (C=O) groups is 2. The van der Waals surface area contributed by atoms with Crippen LogP contribution < -0.4 is 15.0 Å². The van der Waals surface area contributed by atoms with Gasteiger partial charge in [-0.05, 0) is 108 Å². The number of amides is 2. The first-order valence-electron chi connectivity index (χ1n) is 20.3. The first-order chi connectivity index (χ1) is 27.6. The summed E-state index contributed by atoms with van der Waals surface area (Å²) in [7, 11) is 0. The zero-order valence-corrected chi connectivity index (χ0v) is 34.8. The third-order valence-electron chi connectivity index (χ3n) is 12.0. The molecule has 15 heteroatoms. The number of ether oxygens (including phenoxy) is 4. The zero-order valence-electron chi connectivity index (χ0n) is 33.9. The van der Waals surface area contributed by atoms with E-state index in [1.54, 1.807) is 20.8 Å². The summed E-state index contributed by atoms with van der Waals surface area (Å²) < 4.78 is 39.7. The molecule has 2 aromatic heterocycles. The summed E-state index contributed by atoms with van der Waals surface area (Å²) in [6.07, 6.45) is 2.21. The lowest BCUT2D eigenvalue weighted by molar-refractivity contribution is 0.0209. The number of piperazine rings is 1. The molecule has 306 valence electrons. The van der Waals surface area contributed by atoms with Crippen LogP contribution >= 0.6 is 11.3 Å². The molecular weight excluding hydrogens is 762 g/mol. The maximum atomic E-state index is 14.8. The minimum Gasteiger partial charge on any atom is -0.461 e. The van der Waals surface area contributed by atoms with Crippen molar-refractivity contribution in [2.75, 3.05) is 43.0 Å². The highest BCUT2D eigenvalue weighted by Crippen LogP contribution is 2.48. The number of benzene rings is 2. The van der Waals surface area contributed by atoms with Gasteiger partial charge in [0.25, 0.3) is 0 Å². The summed E-state index contributed by atoms with van der Waals surface area (Å²) in [6.45, 7) is 14.3. The van der Waals surface area contributed by atoms with Gasteiger partial charge in [0.1, 0.15) is 40.9 Å². The van der Waals surface area contributed by atoms with E-state index in [4.69, 9.17) is 28.9 Å². The Morgan fingerprint density at radius 3 is 2.48 bits per heavy atom. The Bertz CT molecular complexity index is 2350. The van der Waals surface area contributed by atoms with Gasteiger partial charge in [0.2, 0.25) is 0 Å². The topological polar surface area (TPSA) is 142 Å². The van der Waals surface area contributed by atoms with Gasteiger partial charge in [-0.3, -0.25) is 10.2 Å². The largest absolute Gasteiger partial charge is 0.461 e. The fraction of sp³-hybridized carbons (Fsp3) is 0.558. The molecule has 4 atom stereocenters. The summed E-state index contributed by atoms with van der Waals surface area (Å²) in [4.78, 5) is 42.8. The number of nitriles is 1. The Labute approximate surface area is 341 Å². The van der Waals surface area contributed by atoms with Gasteiger partial charge in [-0.1, -0.05) is 12.1 Å². The van der Waals surface area contributed by atoms with Crippen molar-refractivity contribution in [1.82, 2.24) is 19.8 Å². The summed E-state index contributed by atoms with van der Waals surface area (Å²) in [5.41, 5.74) is 2.96. The second kappa shape index (κ2) is 14.2. The molecule has 5 aliphatic rings. The maximum absolute atomic E-state index is 14.8. The van der Waals surface area contributed by atoms with Gasteiger partial charge in [-0.15, -0.1) is 11.3 Å². The third kappa shape index (κ3) is 6.96. The molecule has 1 N–H and O–H groups in total. The number of hydrogen-bond acceptors (Lipinski definition) is 12. The minimum atomic E-state index is -0.892. The Hall–Kier alpha value is -4.78. The highest BCUT2D eigenvalue weighted by atomic mass is 32.1. The molecule has 0 spiro atoms. The van der Waals surface area contributed by atoms with Gasteiger partial charge in [0.05, 0.1) is 29.8 Å². The molecule has 7 heterocycles. The lowest BCUT2D eigenvalue weighted by Crippen LogP contribution is -2.56. The molecule has 4 fully saturated rings. The van der Waals surface area contributed by atoms with Crippen molar-refractivity contribution >= 4 is 55.3 Å². The molecule has 4 saturated heterocycles. The monoisotopic (exact) mass is 811 g/mol. The first-order valence-corrected chi connectivity index (χ1v) is 21.1. The Morgan fingerprint density at radius 1 is 1.02 bits per heavy atom. The van der Waals surface area contributed by atoms with Crippen LogP contribution in [0.1, 0.15) is 90.3 Å². The lowest BCUT2D eigenvalue weighted by Gasteiger charge is -2.42. The third-order valence-corrected chi connectivity index (χ3v) is 13.1. The molecule has 2 bridgehead atoms. The Morgan fingerprint density at radius 2 is 1.76 bits per heavy atom. The van der Waals surface area contributed by atoms with Gasteiger partial charge in [-0.25, -0.2) is 14.0 Å². The minimum absolute atomic E-state index is 0.00505. The summed E-state index contributed by atoms with van der Waals surface area (Å²) in [5.74, 6) is 0.746. The van der Waals surface area contributed by atoms with Gasteiger partial charge < -0.3 is 28.7 Å². The molecule has 0 aliphatic carbocycles. The van der Waals surface area contributed by atoms with Crippen molar-refractivity contribution in [2.24, 2.45) is 0 Å². The predicted octanol–water partition coefficient (Wildman–Crippen LogP) is 8.30. The summed E-state index contributed by atoms with van der Waals surface area (Å²) >= 11 is 1.32. The van der Waals surface area contributed by atoms with E-state index in [-0.39, 0.29) is 36.3 Å². The van der Waals surface area contributed by atoms with E-state index in [9.17, 15) is 19.2 Å². The second-order valence-electron chi connectivity index (χ2n) is 18.4. The molecule has 4 aromatic rings. The molecule has 13 nitrogen and oxygen atoms in total. The van der Waals surface area contributed by atoms with Crippen LogP contribution in [0.15, 0.2) is 24.3 Å². The van der Waals surface area contributed by atoms with Crippen LogP contribution in [-0.2, 0) is 27.4 Å². The molecule has 2 amide bonds. The number of thiophene rings is 1. The van der Waals surface area contributed by atoms with Crippen LogP contribution in [-0.4, -0.2) is 99.7 Å². The van der Waals surface area contributed by atoms with Crippen molar-refractivity contribution in [3.05, 3.63) is 41.0 Å². The Kier molecular flexibility index (Phi) is 9.48. The lowest BCUT2D eigenvalue weighted by atomic mass is 9.91. The van der Waals surface area contributed by atoms with E-state index in [2.05, 4.69) is 21.2 Å². The summed E-state index contributed by atoms with van der Waals surface area (Å²) in [6, 6.07) is 10.5. The maximum Gasteiger partial charge on any atom is 0.412 e.